The maximum absolute atomic E-state index is 7.58. The van der Waals surface area contributed by atoms with Crippen LogP contribution in [0.15, 0.2) is 97.1 Å². The van der Waals surface area contributed by atoms with E-state index in [1.165, 1.54) is 39.0 Å². The number of nitrogens with zero attached hydrogens (tertiary/aromatic N) is 2. The molecule has 0 amide bonds. The maximum atomic E-state index is 7.58. The first-order valence-electron chi connectivity index (χ1n) is 17.5. The van der Waals surface area contributed by atoms with E-state index >= 15 is 0 Å². The summed E-state index contributed by atoms with van der Waals surface area (Å²) in [7, 11) is 1.73. The lowest BCUT2D eigenvalue weighted by Crippen LogP contribution is -2.37. The van der Waals surface area contributed by atoms with Gasteiger partial charge in [0.2, 0.25) is 0 Å². The second kappa shape index (κ2) is 11.7. The molecule has 248 valence electrons. The summed E-state index contributed by atoms with van der Waals surface area (Å²) in [4.78, 5) is 4.79. The predicted molar refractivity (Wildman–Crippen MR) is 197 cm³/mol. The molecule has 0 saturated carbocycles. The van der Waals surface area contributed by atoms with Gasteiger partial charge in [-0.15, -0.1) is 0 Å². The van der Waals surface area contributed by atoms with Gasteiger partial charge in [0.25, 0.3) is 0 Å². The number of rotatable bonds is 5. The van der Waals surface area contributed by atoms with Crippen molar-refractivity contribution in [3.05, 3.63) is 125 Å². The zero-order valence-corrected chi connectivity index (χ0v) is 28.5. The number of hydrogen-bond donors (Lipinski definition) is 0. The molecule has 2 saturated heterocycles. The highest BCUT2D eigenvalue weighted by molar-refractivity contribution is 6.09. The standard InChI is InChI=1S/C43H42N2O4/c1-42(2)38-7-5-4-6-35(38)39-34-17-16-33(46-3)28-37(34)41-36(40(39)42)18-19-43(49-41,29-8-12-31(13-9-29)44-20-24-47-25-21-44)30-10-14-32(15-11-30)45-22-26-48-27-23-45/h4-19,28H,20-27H2,1-3H3. The van der Waals surface area contributed by atoms with Crippen molar-refractivity contribution in [2.24, 2.45) is 0 Å². The Kier molecular flexibility index (Phi) is 7.22. The summed E-state index contributed by atoms with van der Waals surface area (Å²) in [6, 6.07) is 33.2. The molecule has 0 bridgehead atoms. The molecule has 2 fully saturated rings. The summed E-state index contributed by atoms with van der Waals surface area (Å²) in [6.45, 7) is 11.3. The van der Waals surface area contributed by atoms with E-state index in [2.05, 4.69) is 127 Å². The lowest BCUT2D eigenvalue weighted by Gasteiger charge is -2.39. The van der Waals surface area contributed by atoms with E-state index in [9.17, 15) is 0 Å². The van der Waals surface area contributed by atoms with Gasteiger partial charge >= 0.3 is 0 Å². The van der Waals surface area contributed by atoms with Gasteiger partial charge in [0, 0.05) is 65.0 Å². The lowest BCUT2D eigenvalue weighted by molar-refractivity contribution is 0.122. The third-order valence-corrected chi connectivity index (χ3v) is 11.1. The van der Waals surface area contributed by atoms with Gasteiger partial charge in [0.1, 0.15) is 11.5 Å². The summed E-state index contributed by atoms with van der Waals surface area (Å²) in [5.41, 5.74) is 9.93. The normalized spacial score (nSPS) is 18.8. The Bertz CT molecular complexity index is 2010. The van der Waals surface area contributed by atoms with Gasteiger partial charge in [-0.3, -0.25) is 0 Å². The van der Waals surface area contributed by atoms with Crippen molar-refractivity contribution in [3.8, 4) is 22.6 Å². The van der Waals surface area contributed by atoms with Gasteiger partial charge in [-0.2, -0.15) is 0 Å². The fraction of sp³-hybridized carbons (Fsp3) is 0.302. The minimum Gasteiger partial charge on any atom is -0.497 e. The van der Waals surface area contributed by atoms with Crippen molar-refractivity contribution >= 4 is 28.2 Å². The molecule has 5 aromatic rings. The molecule has 0 atom stereocenters. The smallest absolute Gasteiger partial charge is 0.178 e. The molecule has 9 rings (SSSR count). The second-order valence-corrected chi connectivity index (χ2v) is 14.0. The predicted octanol–water partition coefficient (Wildman–Crippen LogP) is 8.18. The highest BCUT2D eigenvalue weighted by atomic mass is 16.5. The molecule has 6 heteroatoms. The van der Waals surface area contributed by atoms with Crippen LogP contribution in [0.5, 0.6) is 11.5 Å². The first-order chi connectivity index (χ1) is 24.0. The number of morpholine rings is 2. The molecule has 0 aromatic heterocycles. The number of methoxy groups -OCH3 is 1. The van der Waals surface area contributed by atoms with Crippen molar-refractivity contribution in [1.29, 1.82) is 0 Å². The number of anilines is 2. The minimum atomic E-state index is -0.847. The fourth-order valence-corrected chi connectivity index (χ4v) is 8.52. The van der Waals surface area contributed by atoms with Gasteiger partial charge in [-0.05, 0) is 76.2 Å². The molecule has 3 aliphatic heterocycles. The van der Waals surface area contributed by atoms with Crippen LogP contribution in [-0.2, 0) is 20.5 Å². The third-order valence-electron chi connectivity index (χ3n) is 11.1. The van der Waals surface area contributed by atoms with E-state index in [0.29, 0.717) is 0 Å². The SMILES string of the molecule is COc1ccc2c3c(c4c(c2c1)OC(c1ccc(N2CCOCC2)cc1)(c1ccc(N2CCOCC2)cc1)C=C4)C(C)(C)c1ccccc1-3. The van der Waals surface area contributed by atoms with Crippen molar-refractivity contribution in [1.82, 2.24) is 0 Å². The molecular formula is C43H42N2O4. The number of ether oxygens (including phenoxy) is 4. The van der Waals surface area contributed by atoms with Crippen LogP contribution in [0.2, 0.25) is 0 Å². The Balaban J connectivity index is 1.24. The van der Waals surface area contributed by atoms with Crippen LogP contribution in [0, 0.1) is 0 Å². The molecule has 0 unspecified atom stereocenters. The van der Waals surface area contributed by atoms with Crippen molar-refractivity contribution in [2.75, 3.05) is 69.5 Å². The van der Waals surface area contributed by atoms with Gasteiger partial charge in [0.15, 0.2) is 5.60 Å². The van der Waals surface area contributed by atoms with Crippen molar-refractivity contribution in [3.63, 3.8) is 0 Å². The Morgan fingerprint density at radius 1 is 0.673 bits per heavy atom. The lowest BCUT2D eigenvalue weighted by atomic mass is 9.76. The van der Waals surface area contributed by atoms with E-state index in [-0.39, 0.29) is 5.41 Å². The van der Waals surface area contributed by atoms with E-state index in [0.717, 1.165) is 86.2 Å². The molecule has 5 aromatic carbocycles. The third kappa shape index (κ3) is 4.76. The fourth-order valence-electron chi connectivity index (χ4n) is 8.52. The molecular weight excluding hydrogens is 608 g/mol. The summed E-state index contributed by atoms with van der Waals surface area (Å²) in [6.07, 6.45) is 4.62. The first-order valence-corrected chi connectivity index (χ1v) is 17.5. The Morgan fingerprint density at radius 3 is 1.86 bits per heavy atom. The molecule has 0 spiro atoms. The van der Waals surface area contributed by atoms with Crippen LogP contribution in [0.1, 0.15) is 41.7 Å². The average Bonchev–Trinajstić information content (AvgIpc) is 3.42. The van der Waals surface area contributed by atoms with Crippen LogP contribution in [-0.4, -0.2) is 59.7 Å². The van der Waals surface area contributed by atoms with Gasteiger partial charge < -0.3 is 28.7 Å². The zero-order valence-electron chi connectivity index (χ0n) is 28.5. The van der Waals surface area contributed by atoms with Crippen molar-refractivity contribution in [2.45, 2.75) is 24.9 Å². The molecule has 0 N–H and O–H groups in total. The molecule has 49 heavy (non-hydrogen) atoms. The Labute approximate surface area is 288 Å². The van der Waals surface area contributed by atoms with Crippen LogP contribution >= 0.6 is 0 Å². The van der Waals surface area contributed by atoms with Crippen LogP contribution in [0.4, 0.5) is 11.4 Å². The molecule has 3 heterocycles. The second-order valence-electron chi connectivity index (χ2n) is 14.0. The topological polar surface area (TPSA) is 43.4 Å². The van der Waals surface area contributed by atoms with E-state index in [1.54, 1.807) is 7.11 Å². The summed E-state index contributed by atoms with van der Waals surface area (Å²) in [5.74, 6) is 1.71. The highest BCUT2D eigenvalue weighted by Crippen LogP contribution is 2.58. The molecule has 1 aliphatic carbocycles. The molecule has 6 nitrogen and oxygen atoms in total. The maximum Gasteiger partial charge on any atom is 0.178 e. The summed E-state index contributed by atoms with van der Waals surface area (Å²) < 4.78 is 24.6. The quantitative estimate of drug-likeness (QED) is 0.191. The largest absolute Gasteiger partial charge is 0.497 e. The first kappa shape index (κ1) is 30.3. The van der Waals surface area contributed by atoms with Crippen LogP contribution in [0.3, 0.4) is 0 Å². The summed E-state index contributed by atoms with van der Waals surface area (Å²) >= 11 is 0. The van der Waals surface area contributed by atoms with E-state index in [1.807, 2.05) is 0 Å². The number of benzene rings is 5. The molecule has 4 aliphatic rings. The minimum absolute atomic E-state index is 0.197. The van der Waals surface area contributed by atoms with E-state index < -0.39 is 5.60 Å². The Morgan fingerprint density at radius 2 is 1.27 bits per heavy atom. The highest BCUT2D eigenvalue weighted by Gasteiger charge is 2.44. The van der Waals surface area contributed by atoms with Gasteiger partial charge in [-0.25, -0.2) is 0 Å². The Hall–Kier alpha value is -4.78. The van der Waals surface area contributed by atoms with Gasteiger partial charge in [-0.1, -0.05) is 68.5 Å². The number of hydrogen-bond acceptors (Lipinski definition) is 6. The number of fused-ring (bicyclic) bond motifs is 8. The van der Waals surface area contributed by atoms with Gasteiger partial charge in [0.05, 0.1) is 33.5 Å². The van der Waals surface area contributed by atoms with Crippen LogP contribution < -0.4 is 19.3 Å². The zero-order chi connectivity index (χ0) is 33.2. The summed E-state index contributed by atoms with van der Waals surface area (Å²) in [5, 5.41) is 2.24. The average molecular weight is 651 g/mol. The molecule has 0 radical (unpaired) electrons. The van der Waals surface area contributed by atoms with E-state index in [4.69, 9.17) is 18.9 Å². The monoisotopic (exact) mass is 650 g/mol. The van der Waals surface area contributed by atoms with Crippen molar-refractivity contribution < 1.29 is 18.9 Å². The van der Waals surface area contributed by atoms with Crippen LogP contribution in [0.25, 0.3) is 28.0 Å².